The van der Waals surface area contributed by atoms with Crippen molar-refractivity contribution >= 4 is 44.8 Å². The quantitative estimate of drug-likeness (QED) is 0.650. The Hall–Kier alpha value is -2.30. The lowest BCUT2D eigenvalue weighted by Crippen LogP contribution is -2.30. The molecular formula is C16H10Cl2F3N3O3S. The molecule has 0 spiro atoms. The van der Waals surface area contributed by atoms with Crippen LogP contribution >= 0.6 is 23.2 Å². The molecule has 0 aliphatic heterocycles. The number of amides is 1. The van der Waals surface area contributed by atoms with Gasteiger partial charge in [-0.05, 0) is 36.8 Å². The highest BCUT2D eigenvalue weighted by Gasteiger charge is 2.32. The molecule has 1 aromatic carbocycles. The van der Waals surface area contributed by atoms with Crippen molar-refractivity contribution in [3.63, 3.8) is 0 Å². The van der Waals surface area contributed by atoms with Crippen molar-refractivity contribution in [3.8, 4) is 0 Å². The molecule has 2 heterocycles. The zero-order chi connectivity index (χ0) is 20.9. The fourth-order valence-corrected chi connectivity index (χ4v) is 3.76. The van der Waals surface area contributed by atoms with Crippen LogP contribution in [0.5, 0.6) is 0 Å². The second-order valence-corrected chi connectivity index (χ2v) is 8.27. The number of nitrogens with zero attached hydrogens (tertiary/aromatic N) is 2. The van der Waals surface area contributed by atoms with E-state index in [0.717, 1.165) is 10.6 Å². The molecule has 0 fully saturated rings. The van der Waals surface area contributed by atoms with Gasteiger partial charge in [0.05, 0.1) is 15.5 Å². The molecule has 0 bridgehead atoms. The van der Waals surface area contributed by atoms with Crippen molar-refractivity contribution in [2.45, 2.75) is 18.0 Å². The third-order valence-corrected chi connectivity index (χ3v) is 5.76. The number of carbonyl (C=O) groups excluding carboxylic acids is 1. The Kier molecular flexibility index (Phi) is 5.07. The maximum Gasteiger partial charge on any atom is 0.417 e. The Bertz CT molecular complexity index is 1210. The van der Waals surface area contributed by atoms with E-state index in [0.29, 0.717) is 22.8 Å². The van der Waals surface area contributed by atoms with Gasteiger partial charge in [-0.3, -0.25) is 4.79 Å². The van der Waals surface area contributed by atoms with Crippen molar-refractivity contribution in [2.75, 3.05) is 0 Å². The number of benzene rings is 1. The lowest BCUT2D eigenvalue weighted by atomic mass is 10.2. The average Bonchev–Trinajstić information content (AvgIpc) is 3.01. The van der Waals surface area contributed by atoms with E-state index in [1.165, 1.54) is 18.2 Å². The van der Waals surface area contributed by atoms with E-state index in [1.54, 1.807) is 6.92 Å². The van der Waals surface area contributed by atoms with E-state index in [-0.39, 0.29) is 15.6 Å². The molecule has 6 nitrogen and oxygen atoms in total. The molecule has 12 heteroatoms. The third-order valence-electron chi connectivity index (χ3n) is 3.73. The molecule has 28 heavy (non-hydrogen) atoms. The van der Waals surface area contributed by atoms with Gasteiger partial charge in [0.1, 0.15) is 5.69 Å². The summed E-state index contributed by atoms with van der Waals surface area (Å²) in [5, 5.41) is 0.00537. The summed E-state index contributed by atoms with van der Waals surface area (Å²) < 4.78 is 66.1. The number of fused-ring (bicyclic) bond motifs is 1. The molecule has 1 amide bonds. The van der Waals surface area contributed by atoms with Gasteiger partial charge in [-0.1, -0.05) is 23.2 Å². The normalized spacial score (nSPS) is 12.4. The fraction of sp³-hybridized carbons (Fsp3) is 0.125. The lowest BCUT2D eigenvalue weighted by molar-refractivity contribution is -0.137. The van der Waals surface area contributed by atoms with Crippen molar-refractivity contribution < 1.29 is 26.4 Å². The van der Waals surface area contributed by atoms with Gasteiger partial charge in [0.2, 0.25) is 0 Å². The number of hydrogen-bond donors (Lipinski definition) is 1. The minimum absolute atomic E-state index is 0.125. The molecule has 0 unspecified atom stereocenters. The van der Waals surface area contributed by atoms with E-state index in [4.69, 9.17) is 23.2 Å². The summed E-state index contributed by atoms with van der Waals surface area (Å²) in [6.07, 6.45) is -3.00. The SMILES string of the molecule is Cc1cc(S(=O)(=O)NC(=O)c2cn3cc(C(F)(F)F)cc(Cl)c3n2)ccc1Cl. The van der Waals surface area contributed by atoms with Crippen molar-refractivity contribution in [2.24, 2.45) is 0 Å². The van der Waals surface area contributed by atoms with Crippen molar-refractivity contribution in [3.05, 3.63) is 63.5 Å². The number of aromatic nitrogens is 2. The summed E-state index contributed by atoms with van der Waals surface area (Å²) in [6, 6.07) is 4.51. The van der Waals surface area contributed by atoms with Gasteiger partial charge in [-0.25, -0.2) is 18.1 Å². The molecule has 3 rings (SSSR count). The van der Waals surface area contributed by atoms with Gasteiger partial charge in [0, 0.05) is 17.4 Å². The van der Waals surface area contributed by atoms with Crippen LogP contribution in [0.25, 0.3) is 5.65 Å². The predicted octanol–water partition coefficient (Wildman–Crippen LogP) is 4.09. The number of halogens is 5. The van der Waals surface area contributed by atoms with E-state index in [9.17, 15) is 26.4 Å². The number of sulfonamides is 1. The first kappa shape index (κ1) is 20.4. The zero-order valence-electron chi connectivity index (χ0n) is 13.9. The van der Waals surface area contributed by atoms with Crippen LogP contribution in [-0.2, 0) is 16.2 Å². The topological polar surface area (TPSA) is 80.5 Å². The Morgan fingerprint density at radius 1 is 1.14 bits per heavy atom. The van der Waals surface area contributed by atoms with Gasteiger partial charge in [0.25, 0.3) is 15.9 Å². The van der Waals surface area contributed by atoms with Gasteiger partial charge in [-0.2, -0.15) is 13.2 Å². The van der Waals surface area contributed by atoms with Crippen LogP contribution in [0.4, 0.5) is 13.2 Å². The molecule has 3 aromatic rings. The predicted molar refractivity (Wildman–Crippen MR) is 96.0 cm³/mol. The first-order valence-electron chi connectivity index (χ1n) is 7.47. The molecule has 0 radical (unpaired) electrons. The Morgan fingerprint density at radius 2 is 1.82 bits per heavy atom. The molecule has 0 aliphatic rings. The van der Waals surface area contributed by atoms with E-state index >= 15 is 0 Å². The smallest absolute Gasteiger partial charge is 0.304 e. The maximum atomic E-state index is 12.9. The Balaban J connectivity index is 1.95. The molecule has 2 aromatic heterocycles. The summed E-state index contributed by atoms with van der Waals surface area (Å²) in [6.45, 7) is 1.59. The van der Waals surface area contributed by atoms with Gasteiger partial charge >= 0.3 is 6.18 Å². The number of pyridine rings is 1. The number of hydrogen-bond acceptors (Lipinski definition) is 4. The van der Waals surface area contributed by atoms with E-state index in [1.807, 2.05) is 4.72 Å². The summed E-state index contributed by atoms with van der Waals surface area (Å²) in [5.41, 5.74) is -1.11. The van der Waals surface area contributed by atoms with Crippen LogP contribution in [0, 0.1) is 6.92 Å². The first-order chi connectivity index (χ1) is 12.9. The Morgan fingerprint density at radius 3 is 2.43 bits per heavy atom. The summed E-state index contributed by atoms with van der Waals surface area (Å²) in [7, 11) is -4.25. The minimum Gasteiger partial charge on any atom is -0.304 e. The maximum absolute atomic E-state index is 12.9. The molecule has 0 saturated heterocycles. The van der Waals surface area contributed by atoms with Crippen LogP contribution in [0.15, 0.2) is 41.6 Å². The molecule has 0 aliphatic carbocycles. The highest BCUT2D eigenvalue weighted by Crippen LogP contribution is 2.32. The first-order valence-corrected chi connectivity index (χ1v) is 9.71. The second-order valence-electron chi connectivity index (χ2n) is 5.78. The van der Waals surface area contributed by atoms with Gasteiger partial charge in [0.15, 0.2) is 5.65 Å². The second kappa shape index (κ2) is 6.94. The molecule has 148 valence electrons. The van der Waals surface area contributed by atoms with Crippen LogP contribution in [0.3, 0.4) is 0 Å². The molecule has 1 N–H and O–H groups in total. The zero-order valence-corrected chi connectivity index (χ0v) is 16.2. The fourth-order valence-electron chi connectivity index (χ4n) is 2.34. The number of aryl methyl sites for hydroxylation is 1. The van der Waals surface area contributed by atoms with Crippen LogP contribution in [0.1, 0.15) is 21.6 Å². The standard InChI is InChI=1S/C16H10Cl2F3N3O3S/c1-8-4-10(2-3-11(8)17)28(26,27)23-15(25)13-7-24-6-9(16(19,20)21)5-12(18)14(24)22-13/h2-7H,1H3,(H,23,25). The minimum atomic E-state index is -4.65. The molecule has 0 saturated carbocycles. The van der Waals surface area contributed by atoms with E-state index in [2.05, 4.69) is 4.98 Å². The molecule has 0 atom stereocenters. The Labute approximate surface area is 166 Å². The average molecular weight is 452 g/mol. The summed E-state index contributed by atoms with van der Waals surface area (Å²) in [5.74, 6) is -1.12. The summed E-state index contributed by atoms with van der Waals surface area (Å²) >= 11 is 11.7. The number of alkyl halides is 3. The number of carbonyl (C=O) groups is 1. The van der Waals surface area contributed by atoms with Crippen LogP contribution in [-0.4, -0.2) is 23.7 Å². The number of nitrogens with one attached hydrogen (secondary N) is 1. The highest BCUT2D eigenvalue weighted by atomic mass is 35.5. The highest BCUT2D eigenvalue weighted by molar-refractivity contribution is 7.90. The lowest BCUT2D eigenvalue weighted by Gasteiger charge is -2.07. The third kappa shape index (κ3) is 3.94. The molecular weight excluding hydrogens is 442 g/mol. The largest absolute Gasteiger partial charge is 0.417 e. The van der Waals surface area contributed by atoms with E-state index < -0.39 is 33.4 Å². The van der Waals surface area contributed by atoms with Crippen LogP contribution in [0.2, 0.25) is 10.0 Å². The van der Waals surface area contributed by atoms with Gasteiger partial charge < -0.3 is 4.40 Å². The van der Waals surface area contributed by atoms with Crippen molar-refractivity contribution in [1.29, 1.82) is 0 Å². The number of imidazole rings is 1. The van der Waals surface area contributed by atoms with Crippen molar-refractivity contribution in [1.82, 2.24) is 14.1 Å². The van der Waals surface area contributed by atoms with Crippen LogP contribution < -0.4 is 4.72 Å². The summed E-state index contributed by atoms with van der Waals surface area (Å²) in [4.78, 5) is 15.9. The van der Waals surface area contributed by atoms with Gasteiger partial charge in [-0.15, -0.1) is 0 Å². The number of rotatable bonds is 3. The monoisotopic (exact) mass is 451 g/mol.